The molecule has 2 atom stereocenters. The molecule has 2 aliphatic heterocycles. The highest BCUT2D eigenvalue weighted by Crippen LogP contribution is 2.38. The second-order valence-electron chi connectivity index (χ2n) is 9.56. The zero-order chi connectivity index (χ0) is 27.0. The number of hydrogen-bond donors (Lipinski definition) is 2. The van der Waals surface area contributed by atoms with Gasteiger partial charge in [0.15, 0.2) is 29.0 Å². The average molecular weight is 522 g/mol. The maximum absolute atomic E-state index is 15.0. The minimum absolute atomic E-state index is 0.144. The summed E-state index contributed by atoms with van der Waals surface area (Å²) in [6.45, 7) is 6.32. The summed E-state index contributed by atoms with van der Waals surface area (Å²) in [7, 11) is 2.59. The van der Waals surface area contributed by atoms with Crippen molar-refractivity contribution in [2.75, 3.05) is 32.2 Å². The molecule has 0 radical (unpaired) electrons. The number of carbonyl (C=O) groups is 1. The standard InChI is InChI=1S/C28H29F2N5O3/c1-15-13-35(14-16(2)33-15)20-7-5-17(6-8-20)28(36)34-27-26-19(12-32-27)9-18(11-31-26)23-24(29)21(37-3)10-22(38-4)25(23)30/h5-11,15-16,33H,12-14H2,1-4H3,(H,32,34,36)/t15-,16+. The van der Waals surface area contributed by atoms with E-state index in [2.05, 4.69) is 39.4 Å². The summed E-state index contributed by atoms with van der Waals surface area (Å²) in [5.74, 6) is -1.99. The van der Waals surface area contributed by atoms with E-state index in [1.165, 1.54) is 20.4 Å². The number of nitrogens with zero attached hydrogens (tertiary/aromatic N) is 3. The highest BCUT2D eigenvalue weighted by atomic mass is 19.1. The smallest absolute Gasteiger partial charge is 0.256 e. The number of halogens is 2. The van der Waals surface area contributed by atoms with E-state index in [-0.39, 0.29) is 35.1 Å². The third-order valence-electron chi connectivity index (χ3n) is 6.74. The molecule has 2 aromatic carbocycles. The number of aromatic nitrogens is 1. The second kappa shape index (κ2) is 10.4. The molecule has 1 amide bonds. The molecule has 0 spiro atoms. The Bertz CT molecular complexity index is 1370. The van der Waals surface area contributed by atoms with Crippen molar-refractivity contribution in [3.05, 3.63) is 71.1 Å². The summed E-state index contributed by atoms with van der Waals surface area (Å²) in [5.41, 5.74) is 2.56. The van der Waals surface area contributed by atoms with E-state index in [9.17, 15) is 13.6 Å². The van der Waals surface area contributed by atoms with Gasteiger partial charge >= 0.3 is 0 Å². The van der Waals surface area contributed by atoms with Crippen molar-refractivity contribution in [1.29, 1.82) is 0 Å². The normalized spacial score (nSPS) is 18.6. The van der Waals surface area contributed by atoms with Gasteiger partial charge in [-0.2, -0.15) is 0 Å². The molecule has 1 saturated heterocycles. The van der Waals surface area contributed by atoms with E-state index < -0.39 is 11.6 Å². The number of nitrogens with one attached hydrogen (secondary N) is 2. The van der Waals surface area contributed by atoms with Gasteiger partial charge in [-0.15, -0.1) is 0 Å². The number of carbonyl (C=O) groups excluding carboxylic acids is 1. The Hall–Kier alpha value is -4.05. The fourth-order valence-corrected chi connectivity index (χ4v) is 5.00. The number of amidine groups is 1. The summed E-state index contributed by atoms with van der Waals surface area (Å²) in [5, 5.41) is 6.33. The van der Waals surface area contributed by atoms with Crippen LogP contribution in [0.3, 0.4) is 0 Å². The SMILES string of the molecule is COc1cc(OC)c(F)c(-c2cnc3c(c2)CN=C3NC(=O)c2ccc(N3C[C@@H](C)N[C@@H](C)C3)cc2)c1F. The lowest BCUT2D eigenvalue weighted by molar-refractivity contribution is 0.0977. The van der Waals surface area contributed by atoms with Crippen LogP contribution >= 0.6 is 0 Å². The largest absolute Gasteiger partial charge is 0.494 e. The number of hydrogen-bond acceptors (Lipinski definition) is 7. The van der Waals surface area contributed by atoms with E-state index in [1.807, 2.05) is 12.1 Å². The van der Waals surface area contributed by atoms with Gasteiger partial charge in [0.1, 0.15) is 5.69 Å². The Labute approximate surface area is 219 Å². The van der Waals surface area contributed by atoms with Crippen molar-refractivity contribution in [3.63, 3.8) is 0 Å². The van der Waals surface area contributed by atoms with Gasteiger partial charge in [0.2, 0.25) is 0 Å². The number of fused-ring (bicyclic) bond motifs is 1. The number of benzene rings is 2. The molecule has 2 aliphatic rings. The van der Waals surface area contributed by atoms with Crippen LogP contribution in [0, 0.1) is 11.6 Å². The zero-order valence-electron chi connectivity index (χ0n) is 21.6. The molecule has 0 aliphatic carbocycles. The van der Waals surface area contributed by atoms with Gasteiger partial charge in [-0.25, -0.2) is 8.78 Å². The number of ether oxygens (including phenoxy) is 2. The van der Waals surface area contributed by atoms with Gasteiger partial charge in [0.05, 0.1) is 26.3 Å². The number of piperazine rings is 1. The first kappa shape index (κ1) is 25.6. The number of rotatable bonds is 5. The van der Waals surface area contributed by atoms with Crippen LogP contribution in [-0.2, 0) is 6.54 Å². The van der Waals surface area contributed by atoms with Crippen LogP contribution in [0.4, 0.5) is 14.5 Å². The molecule has 198 valence electrons. The summed E-state index contributed by atoms with van der Waals surface area (Å²) in [4.78, 5) is 24.0. The van der Waals surface area contributed by atoms with Crippen molar-refractivity contribution in [3.8, 4) is 22.6 Å². The zero-order valence-corrected chi connectivity index (χ0v) is 21.6. The van der Waals surface area contributed by atoms with Crippen molar-refractivity contribution in [2.45, 2.75) is 32.5 Å². The molecule has 1 aromatic heterocycles. The van der Waals surface area contributed by atoms with Crippen LogP contribution in [-0.4, -0.2) is 56.1 Å². The van der Waals surface area contributed by atoms with Crippen LogP contribution in [0.1, 0.15) is 35.5 Å². The molecule has 8 nitrogen and oxygen atoms in total. The Morgan fingerprint density at radius 1 is 1.03 bits per heavy atom. The van der Waals surface area contributed by atoms with Crippen LogP contribution < -0.4 is 25.0 Å². The maximum atomic E-state index is 15.0. The number of methoxy groups -OCH3 is 2. The Morgan fingerprint density at radius 2 is 1.66 bits per heavy atom. The van der Waals surface area contributed by atoms with Gasteiger partial charge < -0.3 is 25.0 Å². The van der Waals surface area contributed by atoms with E-state index in [4.69, 9.17) is 9.47 Å². The van der Waals surface area contributed by atoms with E-state index in [0.29, 0.717) is 34.7 Å². The van der Waals surface area contributed by atoms with Crippen molar-refractivity contribution >= 4 is 17.4 Å². The molecule has 1 fully saturated rings. The number of pyridine rings is 1. The molecule has 3 aromatic rings. The molecule has 0 unspecified atom stereocenters. The minimum Gasteiger partial charge on any atom is -0.494 e. The van der Waals surface area contributed by atoms with E-state index >= 15 is 0 Å². The first-order valence-electron chi connectivity index (χ1n) is 12.4. The van der Waals surface area contributed by atoms with Gasteiger partial charge in [0.25, 0.3) is 5.91 Å². The third-order valence-corrected chi connectivity index (χ3v) is 6.74. The van der Waals surface area contributed by atoms with Crippen LogP contribution in [0.25, 0.3) is 11.1 Å². The fourth-order valence-electron chi connectivity index (χ4n) is 5.00. The van der Waals surface area contributed by atoms with Gasteiger partial charge in [0, 0.05) is 59.8 Å². The molecule has 38 heavy (non-hydrogen) atoms. The van der Waals surface area contributed by atoms with E-state index in [0.717, 1.165) is 24.8 Å². The van der Waals surface area contributed by atoms with Crippen LogP contribution in [0.15, 0.2) is 47.6 Å². The Morgan fingerprint density at radius 3 is 2.26 bits per heavy atom. The van der Waals surface area contributed by atoms with Gasteiger partial charge in [-0.1, -0.05) is 0 Å². The quantitative estimate of drug-likeness (QED) is 0.529. The van der Waals surface area contributed by atoms with Gasteiger partial charge in [-0.05, 0) is 44.2 Å². The Balaban J connectivity index is 1.33. The lowest BCUT2D eigenvalue weighted by atomic mass is 10.0. The topological polar surface area (TPSA) is 88.1 Å². The summed E-state index contributed by atoms with van der Waals surface area (Å²) in [6, 6.07) is 11.0. The first-order valence-corrected chi connectivity index (χ1v) is 12.4. The summed E-state index contributed by atoms with van der Waals surface area (Å²) >= 11 is 0. The molecule has 5 rings (SSSR count). The maximum Gasteiger partial charge on any atom is 0.256 e. The lowest BCUT2D eigenvalue weighted by Crippen LogP contribution is -2.54. The highest BCUT2D eigenvalue weighted by Gasteiger charge is 2.26. The third kappa shape index (κ3) is 4.79. The van der Waals surface area contributed by atoms with Crippen molar-refractivity contribution in [2.24, 2.45) is 4.99 Å². The molecular weight excluding hydrogens is 492 g/mol. The predicted octanol–water partition coefficient (Wildman–Crippen LogP) is 3.92. The summed E-state index contributed by atoms with van der Waals surface area (Å²) in [6.07, 6.45) is 1.34. The lowest BCUT2D eigenvalue weighted by Gasteiger charge is -2.37. The monoisotopic (exact) mass is 521 g/mol. The van der Waals surface area contributed by atoms with Gasteiger partial charge in [-0.3, -0.25) is 14.8 Å². The van der Waals surface area contributed by atoms with E-state index in [1.54, 1.807) is 18.2 Å². The number of aliphatic imine (C=N–C) groups is 1. The predicted molar refractivity (Wildman–Crippen MR) is 141 cm³/mol. The second-order valence-corrected chi connectivity index (χ2v) is 9.56. The molecule has 3 heterocycles. The van der Waals surface area contributed by atoms with Crippen LogP contribution in [0.2, 0.25) is 0 Å². The fraction of sp³-hybridized carbons (Fsp3) is 0.321. The molecule has 0 saturated carbocycles. The molecular formula is C28H29F2N5O3. The molecule has 10 heteroatoms. The summed E-state index contributed by atoms with van der Waals surface area (Å²) < 4.78 is 40.0. The number of anilines is 1. The Kier molecular flexibility index (Phi) is 6.98. The average Bonchev–Trinajstić information content (AvgIpc) is 3.30. The molecule has 2 N–H and O–H groups in total. The van der Waals surface area contributed by atoms with Crippen molar-refractivity contribution < 1.29 is 23.0 Å². The number of amides is 1. The first-order chi connectivity index (χ1) is 18.3. The minimum atomic E-state index is -0.854. The molecule has 0 bridgehead atoms. The highest BCUT2D eigenvalue weighted by molar-refractivity contribution is 6.13. The van der Waals surface area contributed by atoms with Crippen LogP contribution in [0.5, 0.6) is 11.5 Å². The van der Waals surface area contributed by atoms with Crippen molar-refractivity contribution in [1.82, 2.24) is 15.6 Å².